The molecule has 1 aliphatic carbocycles. The van der Waals surface area contributed by atoms with Gasteiger partial charge in [0.1, 0.15) is 5.60 Å². The van der Waals surface area contributed by atoms with Gasteiger partial charge in [0.05, 0.1) is 6.61 Å². The monoisotopic (exact) mass is 512 g/mol. The minimum Gasteiger partial charge on any atom is -0.444 e. The first-order chi connectivity index (χ1) is 12.8. The number of guanidine groups is 1. The van der Waals surface area contributed by atoms with Crippen molar-refractivity contribution < 1.29 is 19.4 Å². The highest BCUT2D eigenvalue weighted by Gasteiger charge is 2.36. The Morgan fingerprint density at radius 1 is 1.36 bits per heavy atom. The molecule has 0 bridgehead atoms. The summed E-state index contributed by atoms with van der Waals surface area (Å²) in [6.07, 6.45) is 3.47. The van der Waals surface area contributed by atoms with Crippen molar-refractivity contribution in [2.45, 2.75) is 58.1 Å². The third-order valence-corrected chi connectivity index (χ3v) is 4.94. The molecule has 1 saturated heterocycles. The van der Waals surface area contributed by atoms with Gasteiger partial charge in [0.2, 0.25) is 0 Å². The Kier molecular flexibility index (Phi) is 10.3. The maximum atomic E-state index is 12.4. The molecule has 0 aromatic carbocycles. The largest absolute Gasteiger partial charge is 0.444 e. The number of aliphatic imine (C=N–C) groups is 1. The van der Waals surface area contributed by atoms with Gasteiger partial charge in [-0.05, 0) is 46.5 Å². The highest BCUT2D eigenvalue weighted by Crippen LogP contribution is 2.31. The Hall–Kier alpha value is -0.810. The van der Waals surface area contributed by atoms with Crippen LogP contribution in [0.4, 0.5) is 4.79 Å². The average molecular weight is 512 g/mol. The molecular weight excluding hydrogens is 475 g/mol. The van der Waals surface area contributed by atoms with Crippen molar-refractivity contribution in [2.24, 2.45) is 10.4 Å². The van der Waals surface area contributed by atoms with Crippen molar-refractivity contribution in [3.8, 4) is 0 Å². The minimum atomic E-state index is -0.486. The number of rotatable bonds is 8. The number of aliphatic hydroxyl groups is 1. The molecule has 8 nitrogen and oxygen atoms in total. The van der Waals surface area contributed by atoms with Crippen molar-refractivity contribution in [3.05, 3.63) is 0 Å². The van der Waals surface area contributed by atoms with Crippen LogP contribution in [0.3, 0.4) is 0 Å². The van der Waals surface area contributed by atoms with E-state index in [1.54, 1.807) is 7.05 Å². The molecule has 28 heavy (non-hydrogen) atoms. The van der Waals surface area contributed by atoms with E-state index in [1.165, 1.54) is 0 Å². The Labute approximate surface area is 185 Å². The van der Waals surface area contributed by atoms with E-state index in [4.69, 9.17) is 9.47 Å². The summed E-state index contributed by atoms with van der Waals surface area (Å²) in [4.78, 5) is 18.5. The van der Waals surface area contributed by atoms with E-state index in [1.807, 2.05) is 25.7 Å². The number of nitrogens with one attached hydrogen (secondary N) is 2. The predicted molar refractivity (Wildman–Crippen MR) is 120 cm³/mol. The zero-order chi connectivity index (χ0) is 19.9. The molecule has 1 unspecified atom stereocenters. The first-order valence-corrected chi connectivity index (χ1v) is 9.91. The third-order valence-electron chi connectivity index (χ3n) is 4.94. The van der Waals surface area contributed by atoms with Gasteiger partial charge in [-0.3, -0.25) is 4.99 Å². The molecule has 164 valence electrons. The highest BCUT2D eigenvalue weighted by molar-refractivity contribution is 14.0. The maximum absolute atomic E-state index is 12.4. The molecule has 1 heterocycles. The second-order valence-electron chi connectivity index (χ2n) is 8.53. The number of hydrogen-bond acceptors (Lipinski definition) is 5. The normalized spacial score (nSPS) is 22.4. The fraction of sp³-hybridized carbons (Fsp3) is 0.895. The maximum Gasteiger partial charge on any atom is 0.410 e. The van der Waals surface area contributed by atoms with Gasteiger partial charge in [0.15, 0.2) is 5.96 Å². The molecule has 2 rings (SSSR count). The van der Waals surface area contributed by atoms with Gasteiger partial charge in [-0.1, -0.05) is 0 Å². The van der Waals surface area contributed by atoms with Gasteiger partial charge in [0.25, 0.3) is 0 Å². The molecule has 0 spiro atoms. The first-order valence-electron chi connectivity index (χ1n) is 9.91. The number of halogens is 1. The quantitative estimate of drug-likeness (QED) is 0.262. The van der Waals surface area contributed by atoms with Crippen LogP contribution in [0.2, 0.25) is 0 Å². The molecule has 0 aromatic heterocycles. The molecule has 0 aromatic rings. The van der Waals surface area contributed by atoms with Crippen molar-refractivity contribution in [1.82, 2.24) is 15.5 Å². The lowest BCUT2D eigenvalue weighted by Gasteiger charge is -2.29. The average Bonchev–Trinajstić information content (AvgIpc) is 3.32. The van der Waals surface area contributed by atoms with Crippen molar-refractivity contribution in [1.29, 1.82) is 0 Å². The molecule has 3 N–H and O–H groups in total. The Balaban J connectivity index is 0.00000392. The number of carbonyl (C=O) groups excluding carboxylic acids is 1. The SMILES string of the molecule is CN=C(NCCN(C(=O)OC(C)(C)C)C1CC1)NCC1(CCO)CCOC1.I. The lowest BCUT2D eigenvalue weighted by molar-refractivity contribution is 0.0238. The topological polar surface area (TPSA) is 95.4 Å². The summed E-state index contributed by atoms with van der Waals surface area (Å²) < 4.78 is 11.0. The summed E-state index contributed by atoms with van der Waals surface area (Å²) in [5.74, 6) is 0.694. The summed E-state index contributed by atoms with van der Waals surface area (Å²) in [7, 11) is 1.73. The first kappa shape index (κ1) is 25.2. The summed E-state index contributed by atoms with van der Waals surface area (Å²) in [5, 5.41) is 15.9. The van der Waals surface area contributed by atoms with Crippen LogP contribution in [0.1, 0.15) is 46.5 Å². The summed E-state index contributed by atoms with van der Waals surface area (Å²) in [6.45, 7) is 9.07. The highest BCUT2D eigenvalue weighted by atomic mass is 127. The fourth-order valence-electron chi connectivity index (χ4n) is 3.23. The molecule has 1 saturated carbocycles. The molecule has 9 heteroatoms. The zero-order valence-electron chi connectivity index (χ0n) is 17.6. The Bertz CT molecular complexity index is 515. The van der Waals surface area contributed by atoms with Crippen LogP contribution in [0.5, 0.6) is 0 Å². The van der Waals surface area contributed by atoms with Crippen LogP contribution in [-0.2, 0) is 9.47 Å². The number of hydrogen-bond donors (Lipinski definition) is 3. The standard InChI is InChI=1S/C19H36N4O4.HI/c1-18(2,3)27-17(25)23(15-5-6-15)10-9-21-16(20-4)22-13-19(7-11-24)8-12-26-14-19;/h15,24H,5-14H2,1-4H3,(H2,20,21,22);1H. The smallest absolute Gasteiger partial charge is 0.410 e. The molecular formula is C19H37IN4O4. The van der Waals surface area contributed by atoms with Crippen LogP contribution in [0, 0.1) is 5.41 Å². The number of amides is 1. The van der Waals surface area contributed by atoms with E-state index in [2.05, 4.69) is 15.6 Å². The van der Waals surface area contributed by atoms with E-state index in [9.17, 15) is 9.90 Å². The number of aliphatic hydroxyl groups excluding tert-OH is 1. The Morgan fingerprint density at radius 3 is 2.57 bits per heavy atom. The van der Waals surface area contributed by atoms with Gasteiger partial charge < -0.3 is 30.1 Å². The zero-order valence-corrected chi connectivity index (χ0v) is 20.0. The van der Waals surface area contributed by atoms with Crippen LogP contribution in [0.25, 0.3) is 0 Å². The predicted octanol–water partition coefficient (Wildman–Crippen LogP) is 1.96. The van der Waals surface area contributed by atoms with Crippen LogP contribution < -0.4 is 10.6 Å². The Morgan fingerprint density at radius 2 is 2.07 bits per heavy atom. The fourth-order valence-corrected chi connectivity index (χ4v) is 3.23. The van der Waals surface area contributed by atoms with Crippen molar-refractivity contribution in [2.75, 3.05) is 46.5 Å². The number of ether oxygens (including phenoxy) is 2. The molecule has 2 fully saturated rings. The van der Waals surface area contributed by atoms with E-state index >= 15 is 0 Å². The third kappa shape index (κ3) is 8.28. The van der Waals surface area contributed by atoms with Crippen molar-refractivity contribution >= 4 is 36.0 Å². The van der Waals surface area contributed by atoms with Crippen LogP contribution >= 0.6 is 24.0 Å². The summed E-state index contributed by atoms with van der Waals surface area (Å²) >= 11 is 0. The summed E-state index contributed by atoms with van der Waals surface area (Å²) in [6, 6.07) is 0.292. The van der Waals surface area contributed by atoms with Gasteiger partial charge >= 0.3 is 6.09 Å². The minimum absolute atomic E-state index is 0. The number of carbonyl (C=O) groups is 1. The van der Waals surface area contributed by atoms with Crippen molar-refractivity contribution in [3.63, 3.8) is 0 Å². The van der Waals surface area contributed by atoms with E-state index in [-0.39, 0.29) is 42.1 Å². The van der Waals surface area contributed by atoms with Gasteiger partial charge in [-0.2, -0.15) is 0 Å². The lowest BCUT2D eigenvalue weighted by Crippen LogP contribution is -2.47. The molecule has 2 aliphatic rings. The van der Waals surface area contributed by atoms with E-state index < -0.39 is 5.60 Å². The van der Waals surface area contributed by atoms with E-state index in [0.29, 0.717) is 44.7 Å². The molecule has 0 radical (unpaired) electrons. The second kappa shape index (κ2) is 11.4. The molecule has 1 atom stereocenters. The van der Waals surface area contributed by atoms with Gasteiger partial charge in [-0.15, -0.1) is 24.0 Å². The van der Waals surface area contributed by atoms with Gasteiger partial charge in [0, 0.05) is 51.4 Å². The molecule has 1 aliphatic heterocycles. The molecule has 1 amide bonds. The second-order valence-corrected chi connectivity index (χ2v) is 8.53. The van der Waals surface area contributed by atoms with Gasteiger partial charge in [-0.25, -0.2) is 4.79 Å². The van der Waals surface area contributed by atoms with Crippen LogP contribution in [-0.4, -0.2) is 80.2 Å². The van der Waals surface area contributed by atoms with Crippen LogP contribution in [0.15, 0.2) is 4.99 Å². The number of nitrogens with zero attached hydrogens (tertiary/aromatic N) is 2. The lowest BCUT2D eigenvalue weighted by atomic mass is 9.84. The summed E-state index contributed by atoms with van der Waals surface area (Å²) in [5.41, 5.74) is -0.525. The van der Waals surface area contributed by atoms with E-state index in [0.717, 1.165) is 25.9 Å².